The summed E-state index contributed by atoms with van der Waals surface area (Å²) in [5.41, 5.74) is -0.798. The number of rotatable bonds is 6. The summed E-state index contributed by atoms with van der Waals surface area (Å²) in [4.78, 5) is 23.7. The third kappa shape index (κ3) is 2.88. The molecule has 1 rings (SSSR count). The van der Waals surface area contributed by atoms with Gasteiger partial charge in [0.05, 0.1) is 5.41 Å². The van der Waals surface area contributed by atoms with E-state index in [2.05, 4.69) is 6.92 Å². The van der Waals surface area contributed by atoms with Crippen molar-refractivity contribution in [3.8, 4) is 0 Å². The number of unbranched alkanes of at least 4 members (excludes halogenated alkanes) is 1. The molecule has 0 spiro atoms. The minimum absolute atomic E-state index is 0.177. The average molecular weight is 240 g/mol. The Hall–Kier alpha value is -0.860. The summed E-state index contributed by atoms with van der Waals surface area (Å²) < 4.78 is 0. The van der Waals surface area contributed by atoms with E-state index >= 15 is 0 Å². The highest BCUT2D eigenvalue weighted by Gasteiger charge is 2.47. The van der Waals surface area contributed by atoms with E-state index in [-0.39, 0.29) is 11.7 Å². The van der Waals surface area contributed by atoms with E-state index in [1.165, 1.54) is 0 Å². The summed E-state index contributed by atoms with van der Waals surface area (Å²) in [7, 11) is 0. The Morgan fingerprint density at radius 2 is 2.12 bits per heavy atom. The van der Waals surface area contributed by atoms with Gasteiger partial charge < -0.3 is 5.11 Å². The Kier molecular flexibility index (Phi) is 5.16. The molecule has 1 saturated carbocycles. The van der Waals surface area contributed by atoms with Gasteiger partial charge in [-0.1, -0.05) is 33.1 Å². The maximum absolute atomic E-state index is 12.0. The molecule has 17 heavy (non-hydrogen) atoms. The molecule has 0 bridgehead atoms. The second-order valence-corrected chi connectivity index (χ2v) is 5.18. The molecule has 1 N–H and O–H groups in total. The van der Waals surface area contributed by atoms with E-state index in [1.807, 2.05) is 6.92 Å². The third-order valence-corrected chi connectivity index (χ3v) is 4.25. The van der Waals surface area contributed by atoms with Crippen molar-refractivity contribution < 1.29 is 14.7 Å². The van der Waals surface area contributed by atoms with Gasteiger partial charge in [-0.25, -0.2) is 0 Å². The van der Waals surface area contributed by atoms with Gasteiger partial charge in [0.25, 0.3) is 0 Å². The molecule has 0 heterocycles. The SMILES string of the molecule is CCCCC(CC)(C(=O)O)C1CCCCC1=O. The predicted molar refractivity (Wildman–Crippen MR) is 66.8 cm³/mol. The van der Waals surface area contributed by atoms with Gasteiger partial charge in [0, 0.05) is 12.3 Å². The predicted octanol–water partition coefficient (Wildman–Crippen LogP) is 3.42. The molecule has 98 valence electrons. The van der Waals surface area contributed by atoms with Crippen molar-refractivity contribution in [3.05, 3.63) is 0 Å². The molecule has 3 heteroatoms. The summed E-state index contributed by atoms with van der Waals surface area (Å²) in [6.07, 6.45) is 6.36. The highest BCUT2D eigenvalue weighted by molar-refractivity contribution is 5.89. The minimum Gasteiger partial charge on any atom is -0.481 e. The van der Waals surface area contributed by atoms with Crippen LogP contribution in [0, 0.1) is 11.3 Å². The Bertz CT molecular complexity index is 285. The maximum atomic E-state index is 12.0. The van der Waals surface area contributed by atoms with Crippen molar-refractivity contribution in [2.45, 2.75) is 65.2 Å². The van der Waals surface area contributed by atoms with Gasteiger partial charge in [-0.15, -0.1) is 0 Å². The molecule has 0 radical (unpaired) electrons. The topological polar surface area (TPSA) is 54.4 Å². The number of carboxylic acid groups (broad SMARTS) is 1. The van der Waals surface area contributed by atoms with Crippen molar-refractivity contribution >= 4 is 11.8 Å². The highest BCUT2D eigenvalue weighted by Crippen LogP contribution is 2.43. The molecule has 2 unspecified atom stereocenters. The van der Waals surface area contributed by atoms with E-state index in [1.54, 1.807) is 0 Å². The number of Topliss-reactive ketones (excluding diaryl/α,β-unsaturated/α-hetero) is 1. The number of hydrogen-bond donors (Lipinski definition) is 1. The maximum Gasteiger partial charge on any atom is 0.310 e. The second-order valence-electron chi connectivity index (χ2n) is 5.18. The van der Waals surface area contributed by atoms with Crippen LogP contribution in [0.3, 0.4) is 0 Å². The summed E-state index contributed by atoms with van der Waals surface area (Å²) >= 11 is 0. The van der Waals surface area contributed by atoms with E-state index in [0.29, 0.717) is 19.3 Å². The van der Waals surface area contributed by atoms with Crippen molar-refractivity contribution in [1.82, 2.24) is 0 Å². The molecule has 1 aliphatic rings. The van der Waals surface area contributed by atoms with Gasteiger partial charge in [-0.3, -0.25) is 9.59 Å². The van der Waals surface area contributed by atoms with Crippen LogP contribution in [-0.2, 0) is 9.59 Å². The lowest BCUT2D eigenvalue weighted by molar-refractivity contribution is -0.158. The number of ketones is 1. The molecule has 3 nitrogen and oxygen atoms in total. The molecule has 0 amide bonds. The number of aliphatic carboxylic acids is 1. The van der Waals surface area contributed by atoms with Crippen LogP contribution in [0.15, 0.2) is 0 Å². The van der Waals surface area contributed by atoms with Crippen molar-refractivity contribution in [3.63, 3.8) is 0 Å². The van der Waals surface area contributed by atoms with Crippen LogP contribution < -0.4 is 0 Å². The Balaban J connectivity index is 2.93. The first kappa shape index (κ1) is 14.2. The number of hydrogen-bond acceptors (Lipinski definition) is 2. The first-order valence-electron chi connectivity index (χ1n) is 6.84. The number of carbonyl (C=O) groups is 2. The third-order valence-electron chi connectivity index (χ3n) is 4.25. The summed E-state index contributed by atoms with van der Waals surface area (Å²) in [6, 6.07) is 0. The molecular formula is C14H24O3. The standard InChI is InChI=1S/C14H24O3/c1-3-5-10-14(4-2,13(16)17)11-8-6-7-9-12(11)15/h11H,3-10H2,1-2H3,(H,16,17). The van der Waals surface area contributed by atoms with Crippen LogP contribution in [-0.4, -0.2) is 16.9 Å². The van der Waals surface area contributed by atoms with Crippen molar-refractivity contribution in [2.75, 3.05) is 0 Å². The van der Waals surface area contributed by atoms with Gasteiger partial charge in [0.1, 0.15) is 5.78 Å². The quantitative estimate of drug-likeness (QED) is 0.774. The summed E-state index contributed by atoms with van der Waals surface area (Å²) in [5, 5.41) is 9.57. The second kappa shape index (κ2) is 6.18. The zero-order valence-corrected chi connectivity index (χ0v) is 11.0. The molecule has 1 fully saturated rings. The van der Waals surface area contributed by atoms with Crippen molar-refractivity contribution in [2.24, 2.45) is 11.3 Å². The van der Waals surface area contributed by atoms with Crippen LogP contribution >= 0.6 is 0 Å². The fourth-order valence-electron chi connectivity index (χ4n) is 3.06. The van der Waals surface area contributed by atoms with E-state index in [0.717, 1.165) is 32.1 Å². The summed E-state index contributed by atoms with van der Waals surface area (Å²) in [6.45, 7) is 3.97. The fourth-order valence-corrected chi connectivity index (χ4v) is 3.06. The van der Waals surface area contributed by atoms with Gasteiger partial charge >= 0.3 is 5.97 Å². The number of carbonyl (C=O) groups excluding carboxylic acids is 1. The van der Waals surface area contributed by atoms with E-state index < -0.39 is 11.4 Å². The van der Waals surface area contributed by atoms with Gasteiger partial charge in [0.15, 0.2) is 0 Å². The lowest BCUT2D eigenvalue weighted by Gasteiger charge is -2.37. The van der Waals surface area contributed by atoms with Crippen LogP contribution in [0.25, 0.3) is 0 Å². The molecule has 1 aliphatic carbocycles. The van der Waals surface area contributed by atoms with Gasteiger partial charge in [-0.2, -0.15) is 0 Å². The zero-order valence-electron chi connectivity index (χ0n) is 11.0. The normalized spacial score (nSPS) is 24.4. The average Bonchev–Trinajstić information content (AvgIpc) is 2.32. The first-order valence-corrected chi connectivity index (χ1v) is 6.84. The van der Waals surface area contributed by atoms with Crippen LogP contribution in [0.2, 0.25) is 0 Å². The fraction of sp³-hybridized carbons (Fsp3) is 0.857. The van der Waals surface area contributed by atoms with Crippen LogP contribution in [0.1, 0.15) is 65.2 Å². The van der Waals surface area contributed by atoms with Gasteiger partial charge in [0.2, 0.25) is 0 Å². The highest BCUT2D eigenvalue weighted by atomic mass is 16.4. The first-order chi connectivity index (χ1) is 8.08. The molecule has 0 aromatic heterocycles. The smallest absolute Gasteiger partial charge is 0.310 e. The molecule has 0 aromatic rings. The summed E-state index contributed by atoms with van der Waals surface area (Å²) in [5.74, 6) is -0.837. The van der Waals surface area contributed by atoms with Crippen LogP contribution in [0.5, 0.6) is 0 Å². The monoisotopic (exact) mass is 240 g/mol. The molecule has 0 aliphatic heterocycles. The lowest BCUT2D eigenvalue weighted by Crippen LogP contribution is -2.43. The van der Waals surface area contributed by atoms with Crippen molar-refractivity contribution in [1.29, 1.82) is 0 Å². The van der Waals surface area contributed by atoms with Gasteiger partial charge in [-0.05, 0) is 25.7 Å². The van der Waals surface area contributed by atoms with E-state index in [9.17, 15) is 14.7 Å². The molecular weight excluding hydrogens is 216 g/mol. The lowest BCUT2D eigenvalue weighted by atomic mass is 9.64. The Morgan fingerprint density at radius 1 is 1.41 bits per heavy atom. The zero-order chi connectivity index (χ0) is 12.9. The minimum atomic E-state index is -0.798. The van der Waals surface area contributed by atoms with Crippen LogP contribution in [0.4, 0.5) is 0 Å². The Morgan fingerprint density at radius 3 is 2.59 bits per heavy atom. The number of carboxylic acids is 1. The van der Waals surface area contributed by atoms with E-state index in [4.69, 9.17) is 0 Å². The molecule has 0 saturated heterocycles. The molecule has 2 atom stereocenters. The Labute approximate surface area is 104 Å². The largest absolute Gasteiger partial charge is 0.481 e. The molecule has 0 aromatic carbocycles.